The van der Waals surface area contributed by atoms with E-state index in [2.05, 4.69) is 32.9 Å². The summed E-state index contributed by atoms with van der Waals surface area (Å²) >= 11 is 0. The van der Waals surface area contributed by atoms with E-state index in [0.29, 0.717) is 23.5 Å². The van der Waals surface area contributed by atoms with Crippen LogP contribution in [0.5, 0.6) is 0 Å². The predicted molar refractivity (Wildman–Crippen MR) is 73.9 cm³/mol. The molecule has 1 heteroatoms. The molecule has 0 saturated heterocycles. The molecule has 0 unspecified atom stereocenters. The number of carbonyl (C=O) groups is 1. The predicted octanol–water partition coefficient (Wildman–Crippen LogP) is 4.23. The molecule has 1 aromatic rings. The maximum Gasteiger partial charge on any atom is 0.167 e. The zero-order valence-corrected chi connectivity index (χ0v) is 11.6. The van der Waals surface area contributed by atoms with Gasteiger partial charge in [-0.1, -0.05) is 17.7 Å². The van der Waals surface area contributed by atoms with Gasteiger partial charge >= 0.3 is 0 Å². The fourth-order valence-electron chi connectivity index (χ4n) is 3.46. The molecule has 2 saturated carbocycles. The Morgan fingerprint density at radius 2 is 1.44 bits per heavy atom. The van der Waals surface area contributed by atoms with Crippen LogP contribution in [0.2, 0.25) is 0 Å². The minimum absolute atomic E-state index is 0.338. The highest BCUT2D eigenvalue weighted by Crippen LogP contribution is 2.50. The van der Waals surface area contributed by atoms with E-state index in [4.69, 9.17) is 0 Å². The molecule has 0 atom stereocenters. The molecule has 2 aliphatic carbocycles. The van der Waals surface area contributed by atoms with Crippen molar-refractivity contribution in [2.75, 3.05) is 0 Å². The molecule has 0 heterocycles. The quantitative estimate of drug-likeness (QED) is 0.722. The van der Waals surface area contributed by atoms with Crippen LogP contribution in [0.1, 0.15) is 52.7 Å². The van der Waals surface area contributed by atoms with Gasteiger partial charge in [0, 0.05) is 11.5 Å². The van der Waals surface area contributed by atoms with Crippen LogP contribution in [-0.4, -0.2) is 5.78 Å². The van der Waals surface area contributed by atoms with Crippen molar-refractivity contribution in [3.05, 3.63) is 34.4 Å². The third-order valence-corrected chi connectivity index (χ3v) is 4.49. The van der Waals surface area contributed by atoms with Gasteiger partial charge in [-0.05, 0) is 69.4 Å². The number of benzene rings is 1. The summed E-state index contributed by atoms with van der Waals surface area (Å²) in [5, 5.41) is 0. The molecule has 1 aromatic carbocycles. The Kier molecular flexibility index (Phi) is 2.80. The number of Topliss-reactive ketones (excluding diaryl/α,β-unsaturated/α-hetero) is 1. The summed E-state index contributed by atoms with van der Waals surface area (Å²) in [6, 6.07) is 4.30. The lowest BCUT2D eigenvalue weighted by Gasteiger charge is -2.18. The van der Waals surface area contributed by atoms with Crippen LogP contribution in [0, 0.1) is 38.5 Å². The first-order valence-electron chi connectivity index (χ1n) is 7.20. The van der Waals surface area contributed by atoms with Crippen LogP contribution < -0.4 is 0 Å². The standard InChI is InChI=1S/C17H22O/c1-10-8-11(2)15(12(3)9-10)17(18)16(13-4-5-13)14-6-7-14/h8-9,13-14,16H,4-7H2,1-3H3. The Hall–Kier alpha value is -1.11. The number of hydrogen-bond donors (Lipinski definition) is 0. The lowest BCUT2D eigenvalue weighted by Crippen LogP contribution is -2.21. The fourth-order valence-corrected chi connectivity index (χ4v) is 3.46. The minimum Gasteiger partial charge on any atom is -0.294 e. The van der Waals surface area contributed by atoms with Gasteiger partial charge in [0.25, 0.3) is 0 Å². The summed E-state index contributed by atoms with van der Waals surface area (Å²) in [6.07, 6.45) is 5.10. The highest BCUT2D eigenvalue weighted by molar-refractivity contribution is 6.01. The zero-order chi connectivity index (χ0) is 12.9. The van der Waals surface area contributed by atoms with Gasteiger partial charge in [-0.2, -0.15) is 0 Å². The first-order chi connectivity index (χ1) is 8.58. The van der Waals surface area contributed by atoms with E-state index in [0.717, 1.165) is 5.56 Å². The van der Waals surface area contributed by atoms with E-state index in [-0.39, 0.29) is 0 Å². The average Bonchev–Trinajstić information content (AvgIpc) is 3.10. The second kappa shape index (κ2) is 4.22. The Morgan fingerprint density at radius 3 is 1.83 bits per heavy atom. The average molecular weight is 242 g/mol. The largest absolute Gasteiger partial charge is 0.294 e. The van der Waals surface area contributed by atoms with E-state index >= 15 is 0 Å². The molecule has 0 N–H and O–H groups in total. The van der Waals surface area contributed by atoms with Crippen molar-refractivity contribution in [3.63, 3.8) is 0 Å². The highest BCUT2D eigenvalue weighted by atomic mass is 16.1. The van der Waals surface area contributed by atoms with Gasteiger partial charge in [0.15, 0.2) is 5.78 Å². The maximum absolute atomic E-state index is 12.9. The normalized spacial score (nSPS) is 19.3. The lowest BCUT2D eigenvalue weighted by atomic mass is 9.85. The maximum atomic E-state index is 12.9. The molecule has 0 aromatic heterocycles. The highest BCUT2D eigenvalue weighted by Gasteiger charge is 2.46. The molecule has 2 fully saturated rings. The second-order valence-electron chi connectivity index (χ2n) is 6.34. The van der Waals surface area contributed by atoms with Crippen LogP contribution >= 0.6 is 0 Å². The molecular formula is C17H22O. The molecule has 0 aliphatic heterocycles. The smallest absolute Gasteiger partial charge is 0.167 e. The zero-order valence-electron chi connectivity index (χ0n) is 11.6. The Balaban J connectivity index is 1.95. The van der Waals surface area contributed by atoms with Gasteiger partial charge in [0.2, 0.25) is 0 Å². The third-order valence-electron chi connectivity index (χ3n) is 4.49. The van der Waals surface area contributed by atoms with Crippen molar-refractivity contribution in [1.82, 2.24) is 0 Å². The number of hydrogen-bond acceptors (Lipinski definition) is 1. The summed E-state index contributed by atoms with van der Waals surface area (Å²) in [5.41, 5.74) is 4.62. The molecule has 0 spiro atoms. The number of ketones is 1. The van der Waals surface area contributed by atoms with Crippen molar-refractivity contribution < 1.29 is 4.79 Å². The van der Waals surface area contributed by atoms with Crippen LogP contribution in [-0.2, 0) is 0 Å². The number of aryl methyl sites for hydroxylation is 3. The van der Waals surface area contributed by atoms with Crippen molar-refractivity contribution >= 4 is 5.78 Å². The summed E-state index contributed by atoms with van der Waals surface area (Å²) in [7, 11) is 0. The molecule has 18 heavy (non-hydrogen) atoms. The Bertz CT molecular complexity index is 457. The number of carbonyl (C=O) groups excluding carboxylic acids is 1. The number of rotatable bonds is 4. The topological polar surface area (TPSA) is 17.1 Å². The van der Waals surface area contributed by atoms with E-state index in [9.17, 15) is 4.79 Å². The fraction of sp³-hybridized carbons (Fsp3) is 0.588. The van der Waals surface area contributed by atoms with Crippen molar-refractivity contribution in [1.29, 1.82) is 0 Å². The van der Waals surface area contributed by atoms with Gasteiger partial charge in [0.1, 0.15) is 0 Å². The van der Waals surface area contributed by atoms with Crippen LogP contribution in [0.3, 0.4) is 0 Å². The van der Waals surface area contributed by atoms with E-state index in [1.807, 2.05) is 0 Å². The first-order valence-corrected chi connectivity index (χ1v) is 7.20. The Labute approximate surface area is 110 Å². The summed E-state index contributed by atoms with van der Waals surface area (Å²) in [6.45, 7) is 6.28. The lowest BCUT2D eigenvalue weighted by molar-refractivity contribution is 0.0885. The van der Waals surface area contributed by atoms with Crippen molar-refractivity contribution in [2.45, 2.75) is 46.5 Å². The third kappa shape index (κ3) is 2.11. The SMILES string of the molecule is Cc1cc(C)c(C(=O)C(C2CC2)C2CC2)c(C)c1. The van der Waals surface area contributed by atoms with Gasteiger partial charge in [0.05, 0.1) is 0 Å². The van der Waals surface area contributed by atoms with Gasteiger partial charge in [-0.3, -0.25) is 4.79 Å². The van der Waals surface area contributed by atoms with Gasteiger partial charge in [-0.25, -0.2) is 0 Å². The van der Waals surface area contributed by atoms with E-state index < -0.39 is 0 Å². The summed E-state index contributed by atoms with van der Waals surface area (Å²) in [5.74, 6) is 2.18. The van der Waals surface area contributed by atoms with E-state index in [1.54, 1.807) is 0 Å². The van der Waals surface area contributed by atoms with Crippen LogP contribution in [0.15, 0.2) is 12.1 Å². The van der Waals surface area contributed by atoms with Gasteiger partial charge < -0.3 is 0 Å². The van der Waals surface area contributed by atoms with Crippen LogP contribution in [0.25, 0.3) is 0 Å². The first kappa shape index (κ1) is 12.0. The second-order valence-corrected chi connectivity index (χ2v) is 6.34. The molecule has 0 radical (unpaired) electrons. The minimum atomic E-state index is 0.338. The Morgan fingerprint density at radius 1 is 1.00 bits per heavy atom. The van der Waals surface area contributed by atoms with Gasteiger partial charge in [-0.15, -0.1) is 0 Å². The van der Waals surface area contributed by atoms with Crippen molar-refractivity contribution in [2.24, 2.45) is 17.8 Å². The van der Waals surface area contributed by atoms with Crippen LogP contribution in [0.4, 0.5) is 0 Å². The molecule has 3 rings (SSSR count). The molecular weight excluding hydrogens is 220 g/mol. The van der Waals surface area contributed by atoms with Crippen molar-refractivity contribution in [3.8, 4) is 0 Å². The molecule has 2 aliphatic rings. The van der Waals surface area contributed by atoms with E-state index in [1.165, 1.54) is 42.4 Å². The molecule has 1 nitrogen and oxygen atoms in total. The molecule has 0 bridgehead atoms. The monoisotopic (exact) mass is 242 g/mol. The summed E-state index contributed by atoms with van der Waals surface area (Å²) < 4.78 is 0. The molecule has 96 valence electrons. The molecule has 0 amide bonds. The summed E-state index contributed by atoms with van der Waals surface area (Å²) in [4.78, 5) is 12.9.